The number of aromatic nitrogens is 2. The Labute approximate surface area is 77.7 Å². The third-order valence-corrected chi connectivity index (χ3v) is 2.51. The van der Waals surface area contributed by atoms with Crippen LogP contribution in [0.15, 0.2) is 11.2 Å². The van der Waals surface area contributed by atoms with Gasteiger partial charge in [-0.1, -0.05) is 11.8 Å². The summed E-state index contributed by atoms with van der Waals surface area (Å²) in [6.45, 7) is 0. The molecule has 12 heavy (non-hydrogen) atoms. The van der Waals surface area contributed by atoms with Gasteiger partial charge in [-0.3, -0.25) is 4.79 Å². The summed E-state index contributed by atoms with van der Waals surface area (Å²) in [6, 6.07) is 0. The number of anilines is 1. The van der Waals surface area contributed by atoms with Crippen molar-refractivity contribution in [2.24, 2.45) is 0 Å². The van der Waals surface area contributed by atoms with Crippen molar-refractivity contribution in [1.82, 2.24) is 9.97 Å². The van der Waals surface area contributed by atoms with Crippen LogP contribution in [0.4, 0.5) is 5.69 Å². The molecular weight excluding hydrogens is 198 g/mol. The van der Waals surface area contributed by atoms with E-state index in [4.69, 9.17) is 11.6 Å². The van der Waals surface area contributed by atoms with Gasteiger partial charge in [0.1, 0.15) is 5.03 Å². The van der Waals surface area contributed by atoms with Crippen molar-refractivity contribution in [2.75, 3.05) is 11.1 Å². The zero-order chi connectivity index (χ0) is 8.55. The molecule has 62 valence electrons. The van der Waals surface area contributed by atoms with Gasteiger partial charge in [0.2, 0.25) is 11.2 Å². The number of rotatable bonds is 0. The zero-order valence-corrected chi connectivity index (χ0v) is 7.45. The second-order valence-corrected chi connectivity index (χ2v) is 3.50. The van der Waals surface area contributed by atoms with Crippen molar-refractivity contribution in [3.63, 3.8) is 0 Å². The van der Waals surface area contributed by atoms with Crippen LogP contribution in [0.25, 0.3) is 0 Å². The van der Waals surface area contributed by atoms with Crippen LogP contribution < -0.4 is 5.32 Å². The summed E-state index contributed by atoms with van der Waals surface area (Å²) in [4.78, 5) is 18.6. The second-order valence-electron chi connectivity index (χ2n) is 2.19. The number of halogens is 1. The Hall–Kier alpha value is -0.810. The molecule has 1 aliphatic heterocycles. The summed E-state index contributed by atoms with van der Waals surface area (Å²) < 4.78 is 0. The molecule has 4 nitrogen and oxygen atoms in total. The summed E-state index contributed by atoms with van der Waals surface area (Å²) in [7, 11) is 0. The molecule has 0 saturated heterocycles. The van der Waals surface area contributed by atoms with Gasteiger partial charge in [0, 0.05) is 0 Å². The maximum atomic E-state index is 10.9. The predicted molar refractivity (Wildman–Crippen MR) is 46.4 cm³/mol. The summed E-state index contributed by atoms with van der Waals surface area (Å²) in [5, 5.41) is 3.58. The lowest BCUT2D eigenvalue weighted by atomic mass is 10.5. The molecule has 0 fully saturated rings. The topological polar surface area (TPSA) is 54.9 Å². The first-order chi connectivity index (χ1) is 5.75. The highest BCUT2D eigenvalue weighted by molar-refractivity contribution is 8.00. The lowest BCUT2D eigenvalue weighted by Gasteiger charge is -2.13. The average molecular weight is 202 g/mol. The molecule has 0 bridgehead atoms. The largest absolute Gasteiger partial charge is 0.322 e. The van der Waals surface area contributed by atoms with Crippen LogP contribution in [0.3, 0.4) is 0 Å². The van der Waals surface area contributed by atoms with Crippen LogP contribution in [-0.2, 0) is 4.79 Å². The number of nitrogens with one attached hydrogen (secondary N) is 1. The molecule has 0 aliphatic carbocycles. The lowest BCUT2D eigenvalue weighted by Crippen LogP contribution is -2.19. The Balaban J connectivity index is 2.43. The minimum atomic E-state index is -0.0292. The fourth-order valence-corrected chi connectivity index (χ4v) is 1.80. The molecule has 0 aromatic carbocycles. The highest BCUT2D eigenvalue weighted by Gasteiger charge is 2.16. The molecule has 2 rings (SSSR count). The number of thioether (sulfide) groups is 1. The van der Waals surface area contributed by atoms with E-state index in [-0.39, 0.29) is 11.2 Å². The van der Waals surface area contributed by atoms with E-state index in [1.807, 2.05) is 0 Å². The van der Waals surface area contributed by atoms with E-state index >= 15 is 0 Å². The highest BCUT2D eigenvalue weighted by Crippen LogP contribution is 2.28. The van der Waals surface area contributed by atoms with E-state index in [2.05, 4.69) is 15.3 Å². The minimum absolute atomic E-state index is 0.0292. The summed E-state index contributed by atoms with van der Waals surface area (Å²) in [5.41, 5.74) is 0.639. The van der Waals surface area contributed by atoms with E-state index in [1.54, 1.807) is 0 Å². The van der Waals surface area contributed by atoms with E-state index in [9.17, 15) is 4.79 Å². The third-order valence-electron chi connectivity index (χ3n) is 1.34. The smallest absolute Gasteiger partial charge is 0.234 e. The Morgan fingerprint density at radius 1 is 1.67 bits per heavy atom. The van der Waals surface area contributed by atoms with Crippen LogP contribution in [0.2, 0.25) is 5.28 Å². The molecular formula is C6H4ClN3OS. The normalized spacial score (nSPS) is 15.2. The van der Waals surface area contributed by atoms with Crippen molar-refractivity contribution in [3.8, 4) is 0 Å². The fourth-order valence-electron chi connectivity index (χ4n) is 0.862. The standard InChI is InChI=1S/C6H4ClN3OS/c7-6-8-1-3-5(10-6)12-2-4(11)9-3/h1H,2H2,(H,9,11). The van der Waals surface area contributed by atoms with Gasteiger partial charge in [0.25, 0.3) is 0 Å². The van der Waals surface area contributed by atoms with Gasteiger partial charge in [0.05, 0.1) is 17.6 Å². The maximum absolute atomic E-state index is 10.9. The van der Waals surface area contributed by atoms with Gasteiger partial charge in [0.15, 0.2) is 0 Å². The molecule has 0 unspecified atom stereocenters. The van der Waals surface area contributed by atoms with Crippen LogP contribution in [0, 0.1) is 0 Å². The molecule has 6 heteroatoms. The molecule has 1 aromatic heterocycles. The number of hydrogen-bond acceptors (Lipinski definition) is 4. The van der Waals surface area contributed by atoms with Crippen LogP contribution in [0.5, 0.6) is 0 Å². The summed E-state index contributed by atoms with van der Waals surface area (Å²) in [5.74, 6) is 0.360. The van der Waals surface area contributed by atoms with Gasteiger partial charge in [-0.05, 0) is 11.6 Å². The number of hydrogen-bond donors (Lipinski definition) is 1. The Bertz CT molecular complexity index is 344. The van der Waals surface area contributed by atoms with Crippen molar-refractivity contribution in [2.45, 2.75) is 5.03 Å². The zero-order valence-electron chi connectivity index (χ0n) is 5.87. The van der Waals surface area contributed by atoms with Crippen molar-refractivity contribution < 1.29 is 4.79 Å². The lowest BCUT2D eigenvalue weighted by molar-refractivity contribution is -0.113. The van der Waals surface area contributed by atoms with Crippen molar-refractivity contribution in [1.29, 1.82) is 0 Å². The van der Waals surface area contributed by atoms with Gasteiger partial charge >= 0.3 is 0 Å². The quantitative estimate of drug-likeness (QED) is 0.506. The SMILES string of the molecule is O=C1CSc2nc(Cl)ncc2N1. The van der Waals surface area contributed by atoms with Gasteiger partial charge in [-0.25, -0.2) is 9.97 Å². The molecule has 1 N–H and O–H groups in total. The third kappa shape index (κ3) is 1.37. The van der Waals surface area contributed by atoms with Gasteiger partial charge < -0.3 is 5.32 Å². The predicted octanol–water partition coefficient (Wildman–Crippen LogP) is 1.17. The number of carbonyl (C=O) groups is 1. The first kappa shape index (κ1) is 7.82. The summed E-state index contributed by atoms with van der Waals surface area (Å²) >= 11 is 6.93. The Kier molecular flexibility index (Phi) is 1.90. The van der Waals surface area contributed by atoms with Crippen molar-refractivity contribution >= 4 is 35.0 Å². The first-order valence-electron chi connectivity index (χ1n) is 3.21. The van der Waals surface area contributed by atoms with Gasteiger partial charge in [-0.15, -0.1) is 0 Å². The summed E-state index contributed by atoms with van der Waals surface area (Å²) in [6.07, 6.45) is 1.51. The molecule has 1 aliphatic rings. The van der Waals surface area contributed by atoms with Gasteiger partial charge in [-0.2, -0.15) is 0 Å². The maximum Gasteiger partial charge on any atom is 0.234 e. The van der Waals surface area contributed by atoms with Crippen LogP contribution in [0.1, 0.15) is 0 Å². The fraction of sp³-hybridized carbons (Fsp3) is 0.167. The molecule has 1 aromatic rings. The van der Waals surface area contributed by atoms with Crippen LogP contribution >= 0.6 is 23.4 Å². The number of nitrogens with zero attached hydrogens (tertiary/aromatic N) is 2. The highest BCUT2D eigenvalue weighted by atomic mass is 35.5. The van der Waals surface area contributed by atoms with Crippen molar-refractivity contribution in [3.05, 3.63) is 11.5 Å². The van der Waals surface area contributed by atoms with E-state index < -0.39 is 0 Å². The Morgan fingerprint density at radius 2 is 2.50 bits per heavy atom. The Morgan fingerprint density at radius 3 is 3.33 bits per heavy atom. The molecule has 1 amide bonds. The van der Waals surface area contributed by atoms with E-state index in [0.29, 0.717) is 11.4 Å². The molecule has 0 saturated carbocycles. The first-order valence-corrected chi connectivity index (χ1v) is 4.57. The molecule has 2 heterocycles. The van der Waals surface area contributed by atoms with E-state index in [0.717, 1.165) is 5.03 Å². The van der Waals surface area contributed by atoms with E-state index in [1.165, 1.54) is 18.0 Å². The number of amides is 1. The number of fused-ring (bicyclic) bond motifs is 1. The number of carbonyl (C=O) groups excluding carboxylic acids is 1. The molecule has 0 radical (unpaired) electrons. The monoisotopic (exact) mass is 201 g/mol. The molecule has 0 atom stereocenters. The average Bonchev–Trinajstić information content (AvgIpc) is 2.05. The van der Waals surface area contributed by atoms with Crippen LogP contribution in [-0.4, -0.2) is 21.6 Å². The minimum Gasteiger partial charge on any atom is -0.322 e. The second kappa shape index (κ2) is 2.91. The molecule has 0 spiro atoms.